The molecule has 2 aromatic rings. The predicted octanol–water partition coefficient (Wildman–Crippen LogP) is 0.0964. The zero-order valence-electron chi connectivity index (χ0n) is 7.92. The van der Waals surface area contributed by atoms with Gasteiger partial charge < -0.3 is 15.6 Å². The van der Waals surface area contributed by atoms with Gasteiger partial charge in [-0.2, -0.15) is 9.97 Å². The van der Waals surface area contributed by atoms with Crippen molar-refractivity contribution in [3.63, 3.8) is 0 Å². The van der Waals surface area contributed by atoms with E-state index in [-0.39, 0.29) is 5.95 Å². The molecule has 2 aromatic heterocycles. The SMILES string of the molecule is Nc1nccc(NCCc2ncno2)n1. The summed E-state index contributed by atoms with van der Waals surface area (Å²) in [6.45, 7) is 0.651. The molecule has 7 nitrogen and oxygen atoms in total. The van der Waals surface area contributed by atoms with Gasteiger partial charge in [-0.1, -0.05) is 5.16 Å². The molecular weight excluding hydrogens is 196 g/mol. The maximum Gasteiger partial charge on any atom is 0.228 e. The van der Waals surface area contributed by atoms with E-state index >= 15 is 0 Å². The Kier molecular flexibility index (Phi) is 2.72. The van der Waals surface area contributed by atoms with E-state index in [9.17, 15) is 0 Å². The van der Waals surface area contributed by atoms with E-state index in [0.717, 1.165) is 0 Å². The van der Waals surface area contributed by atoms with E-state index in [1.165, 1.54) is 6.33 Å². The first-order chi connectivity index (χ1) is 7.34. The summed E-state index contributed by atoms with van der Waals surface area (Å²) >= 11 is 0. The molecule has 0 radical (unpaired) electrons. The molecule has 0 aliphatic rings. The summed E-state index contributed by atoms with van der Waals surface area (Å²) in [5.41, 5.74) is 5.42. The van der Waals surface area contributed by atoms with Crippen molar-refractivity contribution in [2.45, 2.75) is 6.42 Å². The molecule has 0 fully saturated rings. The molecule has 0 aliphatic heterocycles. The van der Waals surface area contributed by atoms with Crippen molar-refractivity contribution >= 4 is 11.8 Å². The van der Waals surface area contributed by atoms with Gasteiger partial charge in [0.2, 0.25) is 11.8 Å². The molecule has 0 aliphatic carbocycles. The molecule has 0 unspecified atom stereocenters. The van der Waals surface area contributed by atoms with E-state index in [0.29, 0.717) is 24.7 Å². The molecule has 0 atom stereocenters. The maximum absolute atomic E-state index is 5.42. The Hall–Kier alpha value is -2.18. The first-order valence-corrected chi connectivity index (χ1v) is 4.42. The van der Waals surface area contributed by atoms with Gasteiger partial charge in [-0.05, 0) is 6.07 Å². The third-order valence-corrected chi connectivity index (χ3v) is 1.73. The summed E-state index contributed by atoms with van der Waals surface area (Å²) in [6, 6.07) is 1.74. The molecule has 0 saturated carbocycles. The normalized spacial score (nSPS) is 10.1. The van der Waals surface area contributed by atoms with E-state index in [2.05, 4.69) is 25.4 Å². The van der Waals surface area contributed by atoms with Gasteiger partial charge in [0.05, 0.1) is 0 Å². The van der Waals surface area contributed by atoms with Crippen LogP contribution in [0.3, 0.4) is 0 Å². The molecule has 0 bridgehead atoms. The van der Waals surface area contributed by atoms with Gasteiger partial charge in [0, 0.05) is 19.2 Å². The Labute approximate surface area is 85.7 Å². The second kappa shape index (κ2) is 4.36. The Balaban J connectivity index is 1.83. The smallest absolute Gasteiger partial charge is 0.228 e. The summed E-state index contributed by atoms with van der Waals surface area (Å²) in [5.74, 6) is 1.52. The summed E-state index contributed by atoms with van der Waals surface area (Å²) in [7, 11) is 0. The number of nitrogens with two attached hydrogens (primary N) is 1. The predicted molar refractivity (Wildman–Crippen MR) is 52.9 cm³/mol. The van der Waals surface area contributed by atoms with Crippen LogP contribution in [0.4, 0.5) is 11.8 Å². The van der Waals surface area contributed by atoms with Crippen LogP contribution in [-0.2, 0) is 6.42 Å². The van der Waals surface area contributed by atoms with Crippen molar-refractivity contribution in [1.82, 2.24) is 20.1 Å². The fraction of sp³-hybridized carbons (Fsp3) is 0.250. The van der Waals surface area contributed by atoms with E-state index in [1.54, 1.807) is 12.3 Å². The number of hydrogen-bond acceptors (Lipinski definition) is 7. The van der Waals surface area contributed by atoms with Crippen LogP contribution >= 0.6 is 0 Å². The van der Waals surface area contributed by atoms with Crippen molar-refractivity contribution in [3.05, 3.63) is 24.5 Å². The van der Waals surface area contributed by atoms with Crippen LogP contribution in [0, 0.1) is 0 Å². The van der Waals surface area contributed by atoms with Crippen molar-refractivity contribution < 1.29 is 4.52 Å². The Bertz CT molecular complexity index is 415. The zero-order valence-corrected chi connectivity index (χ0v) is 7.92. The molecule has 0 spiro atoms. The molecule has 2 heterocycles. The highest BCUT2D eigenvalue weighted by atomic mass is 16.5. The van der Waals surface area contributed by atoms with E-state index in [4.69, 9.17) is 10.3 Å². The highest BCUT2D eigenvalue weighted by Crippen LogP contribution is 2.02. The van der Waals surface area contributed by atoms with Crippen molar-refractivity contribution in [2.75, 3.05) is 17.6 Å². The molecule has 0 aromatic carbocycles. The lowest BCUT2D eigenvalue weighted by molar-refractivity contribution is 0.379. The van der Waals surface area contributed by atoms with Crippen LogP contribution in [0.15, 0.2) is 23.1 Å². The van der Waals surface area contributed by atoms with Crippen molar-refractivity contribution in [2.24, 2.45) is 0 Å². The molecule has 7 heteroatoms. The van der Waals surface area contributed by atoms with Gasteiger partial charge in [0.15, 0.2) is 6.33 Å². The average molecular weight is 206 g/mol. The molecule has 3 N–H and O–H groups in total. The number of aromatic nitrogens is 4. The standard InChI is InChI=1S/C8H10N6O/c9-8-11-3-1-6(14-8)10-4-2-7-12-5-13-15-7/h1,3,5H,2,4H2,(H3,9,10,11,14). The minimum atomic E-state index is 0.248. The van der Waals surface area contributed by atoms with E-state index < -0.39 is 0 Å². The van der Waals surface area contributed by atoms with Crippen LogP contribution in [0.2, 0.25) is 0 Å². The van der Waals surface area contributed by atoms with Crippen LogP contribution in [0.25, 0.3) is 0 Å². The number of hydrogen-bond donors (Lipinski definition) is 2. The van der Waals surface area contributed by atoms with Gasteiger partial charge in [-0.3, -0.25) is 0 Å². The summed E-state index contributed by atoms with van der Waals surface area (Å²) < 4.78 is 4.84. The summed E-state index contributed by atoms with van der Waals surface area (Å²) in [5, 5.41) is 6.57. The van der Waals surface area contributed by atoms with Gasteiger partial charge in [0.1, 0.15) is 5.82 Å². The minimum Gasteiger partial charge on any atom is -0.369 e. The molecule has 78 valence electrons. The average Bonchev–Trinajstić information content (AvgIpc) is 2.71. The molecular formula is C8H10N6O. The second-order valence-electron chi connectivity index (χ2n) is 2.81. The highest BCUT2D eigenvalue weighted by Gasteiger charge is 1.99. The number of nitrogens with one attached hydrogen (secondary N) is 1. The number of nitrogens with zero attached hydrogens (tertiary/aromatic N) is 4. The van der Waals surface area contributed by atoms with Crippen LogP contribution < -0.4 is 11.1 Å². The van der Waals surface area contributed by atoms with Crippen molar-refractivity contribution in [1.29, 1.82) is 0 Å². The highest BCUT2D eigenvalue weighted by molar-refractivity contribution is 5.37. The Morgan fingerprint density at radius 3 is 3.07 bits per heavy atom. The van der Waals surface area contributed by atoms with Gasteiger partial charge in [-0.15, -0.1) is 0 Å². The lowest BCUT2D eigenvalue weighted by Gasteiger charge is -2.02. The van der Waals surface area contributed by atoms with Crippen LogP contribution in [0.1, 0.15) is 5.89 Å². The first kappa shape index (κ1) is 9.38. The quantitative estimate of drug-likeness (QED) is 0.730. The van der Waals surface area contributed by atoms with E-state index in [1.807, 2.05) is 0 Å². The molecule has 0 saturated heterocycles. The largest absolute Gasteiger partial charge is 0.369 e. The van der Waals surface area contributed by atoms with Crippen molar-refractivity contribution in [3.8, 4) is 0 Å². The topological polar surface area (TPSA) is 103 Å². The van der Waals surface area contributed by atoms with Gasteiger partial charge in [0.25, 0.3) is 0 Å². The molecule has 0 amide bonds. The summed E-state index contributed by atoms with van der Waals surface area (Å²) in [6.07, 6.45) is 3.61. The Morgan fingerprint density at radius 2 is 2.33 bits per heavy atom. The lowest BCUT2D eigenvalue weighted by Crippen LogP contribution is -2.07. The maximum atomic E-state index is 5.42. The lowest BCUT2D eigenvalue weighted by atomic mass is 10.4. The number of rotatable bonds is 4. The fourth-order valence-corrected chi connectivity index (χ4v) is 1.08. The molecule has 2 rings (SSSR count). The number of nitrogen functional groups attached to an aromatic ring is 1. The number of anilines is 2. The fourth-order valence-electron chi connectivity index (χ4n) is 1.08. The zero-order chi connectivity index (χ0) is 10.5. The third-order valence-electron chi connectivity index (χ3n) is 1.73. The van der Waals surface area contributed by atoms with Crippen LogP contribution in [-0.4, -0.2) is 26.7 Å². The second-order valence-corrected chi connectivity index (χ2v) is 2.81. The van der Waals surface area contributed by atoms with Gasteiger partial charge >= 0.3 is 0 Å². The minimum absolute atomic E-state index is 0.248. The van der Waals surface area contributed by atoms with Gasteiger partial charge in [-0.25, -0.2) is 4.98 Å². The monoisotopic (exact) mass is 206 g/mol. The first-order valence-electron chi connectivity index (χ1n) is 4.42. The molecule has 15 heavy (non-hydrogen) atoms. The summed E-state index contributed by atoms with van der Waals surface area (Å²) in [4.78, 5) is 11.7. The van der Waals surface area contributed by atoms with Crippen LogP contribution in [0.5, 0.6) is 0 Å². The Morgan fingerprint density at radius 1 is 1.40 bits per heavy atom. The third kappa shape index (κ3) is 2.63.